The van der Waals surface area contributed by atoms with E-state index >= 15 is 0 Å². The van der Waals surface area contributed by atoms with Gasteiger partial charge in [0.15, 0.2) is 5.78 Å². The van der Waals surface area contributed by atoms with Crippen molar-refractivity contribution < 1.29 is 4.79 Å². The summed E-state index contributed by atoms with van der Waals surface area (Å²) >= 11 is 2.18. The molecule has 0 aliphatic heterocycles. The van der Waals surface area contributed by atoms with E-state index in [9.17, 15) is 9.59 Å². The summed E-state index contributed by atoms with van der Waals surface area (Å²) in [6.45, 7) is 1.98. The van der Waals surface area contributed by atoms with E-state index in [0.29, 0.717) is 22.2 Å². The number of fused-ring (bicyclic) bond motifs is 1. The molecule has 0 aliphatic carbocycles. The summed E-state index contributed by atoms with van der Waals surface area (Å²) in [6, 6.07) is 10.8. The first-order valence-electron chi connectivity index (χ1n) is 6.08. The van der Waals surface area contributed by atoms with Crippen molar-refractivity contribution in [2.24, 2.45) is 0 Å². The van der Waals surface area contributed by atoms with Crippen molar-refractivity contribution in [3.05, 3.63) is 67.1 Å². The SMILES string of the molecule is Cc1cccc(C(=O)c2ccc3[nH]c(=O)[nH]c3c2)c1I. The number of benzene rings is 2. The van der Waals surface area contributed by atoms with Gasteiger partial charge in [-0.25, -0.2) is 4.79 Å². The van der Waals surface area contributed by atoms with Crippen molar-refractivity contribution in [2.75, 3.05) is 0 Å². The Morgan fingerprint density at radius 3 is 2.65 bits per heavy atom. The largest absolute Gasteiger partial charge is 0.323 e. The molecule has 0 spiro atoms. The van der Waals surface area contributed by atoms with Gasteiger partial charge in [-0.1, -0.05) is 12.1 Å². The number of aryl methyl sites for hydroxylation is 1. The minimum atomic E-state index is -0.269. The molecule has 0 atom stereocenters. The number of aromatic amines is 2. The summed E-state index contributed by atoms with van der Waals surface area (Å²) < 4.78 is 0.956. The molecule has 4 nitrogen and oxygen atoms in total. The summed E-state index contributed by atoms with van der Waals surface area (Å²) in [6.07, 6.45) is 0. The standard InChI is InChI=1S/C15H11IN2O2/c1-8-3-2-4-10(13(8)16)14(19)9-5-6-11-12(7-9)18-15(20)17-11/h2-7H,1H3,(H2,17,18,20). The molecule has 0 saturated heterocycles. The van der Waals surface area contributed by atoms with Gasteiger partial charge < -0.3 is 9.97 Å². The van der Waals surface area contributed by atoms with Gasteiger partial charge >= 0.3 is 5.69 Å². The molecule has 0 unspecified atom stereocenters. The number of hydrogen-bond donors (Lipinski definition) is 2. The van der Waals surface area contributed by atoms with Gasteiger partial charge in [-0.3, -0.25) is 4.79 Å². The number of carbonyl (C=O) groups is 1. The Bertz CT molecular complexity index is 877. The van der Waals surface area contributed by atoms with Crippen molar-refractivity contribution in [1.82, 2.24) is 9.97 Å². The summed E-state index contributed by atoms with van der Waals surface area (Å²) in [5, 5.41) is 0. The van der Waals surface area contributed by atoms with Crippen molar-refractivity contribution in [3.8, 4) is 0 Å². The zero-order valence-corrected chi connectivity index (χ0v) is 12.8. The molecule has 0 bridgehead atoms. The Balaban J connectivity index is 2.12. The molecule has 5 heteroatoms. The summed E-state index contributed by atoms with van der Waals surface area (Å²) in [7, 11) is 0. The lowest BCUT2D eigenvalue weighted by atomic mass is 10.0. The molecular weight excluding hydrogens is 367 g/mol. The summed E-state index contributed by atoms with van der Waals surface area (Å²) in [5.74, 6) is -0.0398. The fraction of sp³-hybridized carbons (Fsp3) is 0.0667. The van der Waals surface area contributed by atoms with Crippen molar-refractivity contribution in [3.63, 3.8) is 0 Å². The highest BCUT2D eigenvalue weighted by molar-refractivity contribution is 14.1. The van der Waals surface area contributed by atoms with Crippen LogP contribution in [0.25, 0.3) is 11.0 Å². The Labute approximate surface area is 128 Å². The quantitative estimate of drug-likeness (QED) is 0.532. The second-order valence-corrected chi connectivity index (χ2v) is 5.68. The minimum absolute atomic E-state index is 0.0398. The smallest absolute Gasteiger partial charge is 0.306 e. The van der Waals surface area contributed by atoms with E-state index in [4.69, 9.17) is 0 Å². The number of halogens is 1. The number of ketones is 1. The zero-order valence-electron chi connectivity index (χ0n) is 10.7. The van der Waals surface area contributed by atoms with Crippen molar-refractivity contribution >= 4 is 39.4 Å². The van der Waals surface area contributed by atoms with Gasteiger partial charge in [0.2, 0.25) is 0 Å². The van der Waals surface area contributed by atoms with E-state index in [1.165, 1.54) is 0 Å². The van der Waals surface area contributed by atoms with Gasteiger partial charge in [-0.15, -0.1) is 0 Å². The second-order valence-electron chi connectivity index (χ2n) is 4.61. The molecule has 2 aromatic carbocycles. The maximum atomic E-state index is 12.6. The van der Waals surface area contributed by atoms with Gasteiger partial charge in [0.05, 0.1) is 11.0 Å². The second kappa shape index (κ2) is 4.90. The number of hydrogen-bond acceptors (Lipinski definition) is 2. The van der Waals surface area contributed by atoms with E-state index < -0.39 is 0 Å². The van der Waals surface area contributed by atoms with Gasteiger partial charge in [0, 0.05) is 14.7 Å². The van der Waals surface area contributed by atoms with Crippen LogP contribution in [0.5, 0.6) is 0 Å². The Kier molecular flexibility index (Phi) is 3.21. The van der Waals surface area contributed by atoms with Crippen LogP contribution in [0.3, 0.4) is 0 Å². The lowest BCUT2D eigenvalue weighted by Crippen LogP contribution is -2.04. The fourth-order valence-electron chi connectivity index (χ4n) is 2.15. The summed E-state index contributed by atoms with van der Waals surface area (Å²) in [4.78, 5) is 29.1. The number of carbonyl (C=O) groups excluding carboxylic acids is 1. The maximum absolute atomic E-state index is 12.6. The van der Waals surface area contributed by atoms with Gasteiger partial charge in [0.25, 0.3) is 0 Å². The predicted octanol–water partition coefficient (Wildman–Crippen LogP) is 3.00. The van der Waals surface area contributed by atoms with E-state index in [0.717, 1.165) is 9.13 Å². The van der Waals surface area contributed by atoms with Crippen molar-refractivity contribution in [1.29, 1.82) is 0 Å². The highest BCUT2D eigenvalue weighted by Crippen LogP contribution is 2.21. The van der Waals surface area contributed by atoms with Gasteiger partial charge in [-0.2, -0.15) is 0 Å². The third kappa shape index (κ3) is 2.18. The number of H-pyrrole nitrogens is 2. The zero-order chi connectivity index (χ0) is 14.3. The first-order valence-corrected chi connectivity index (χ1v) is 7.16. The molecule has 2 N–H and O–H groups in total. The molecule has 1 aromatic heterocycles. The van der Waals surface area contributed by atoms with Crippen LogP contribution < -0.4 is 5.69 Å². The average molecular weight is 378 g/mol. The minimum Gasteiger partial charge on any atom is -0.306 e. The Morgan fingerprint density at radius 1 is 1.10 bits per heavy atom. The monoisotopic (exact) mass is 378 g/mol. The molecular formula is C15H11IN2O2. The first-order chi connectivity index (χ1) is 9.56. The molecule has 0 saturated carbocycles. The number of nitrogens with one attached hydrogen (secondary N) is 2. The topological polar surface area (TPSA) is 65.7 Å². The molecule has 3 rings (SSSR count). The normalized spacial score (nSPS) is 10.9. The van der Waals surface area contributed by atoms with E-state index in [1.54, 1.807) is 18.2 Å². The molecule has 0 fully saturated rings. The highest BCUT2D eigenvalue weighted by atomic mass is 127. The molecule has 1 heterocycles. The molecule has 0 aliphatic rings. The average Bonchev–Trinajstić information content (AvgIpc) is 2.80. The van der Waals surface area contributed by atoms with Crippen LogP contribution in [0.4, 0.5) is 0 Å². The Morgan fingerprint density at radius 2 is 1.85 bits per heavy atom. The van der Waals surface area contributed by atoms with Crippen LogP contribution in [-0.4, -0.2) is 15.8 Å². The number of aromatic nitrogens is 2. The Hall–Kier alpha value is -1.89. The van der Waals surface area contributed by atoms with Gasteiger partial charge in [0.1, 0.15) is 0 Å². The van der Waals surface area contributed by atoms with Crippen LogP contribution in [0.2, 0.25) is 0 Å². The van der Waals surface area contributed by atoms with E-state index in [2.05, 4.69) is 32.6 Å². The predicted molar refractivity (Wildman–Crippen MR) is 86.2 cm³/mol. The van der Waals surface area contributed by atoms with Crippen LogP contribution in [0.15, 0.2) is 41.2 Å². The van der Waals surface area contributed by atoms with Crippen LogP contribution >= 0.6 is 22.6 Å². The van der Waals surface area contributed by atoms with E-state index in [-0.39, 0.29) is 11.5 Å². The fourth-order valence-corrected chi connectivity index (χ4v) is 2.76. The number of rotatable bonds is 2. The summed E-state index contributed by atoms with van der Waals surface area (Å²) in [5.41, 5.74) is 3.40. The van der Waals surface area contributed by atoms with Crippen LogP contribution in [0.1, 0.15) is 21.5 Å². The van der Waals surface area contributed by atoms with Gasteiger partial charge in [-0.05, 0) is 59.3 Å². The van der Waals surface area contributed by atoms with Crippen LogP contribution in [-0.2, 0) is 0 Å². The highest BCUT2D eigenvalue weighted by Gasteiger charge is 2.14. The molecule has 100 valence electrons. The lowest BCUT2D eigenvalue weighted by molar-refractivity contribution is 0.103. The van der Waals surface area contributed by atoms with Crippen LogP contribution in [0, 0.1) is 10.5 Å². The molecule has 0 amide bonds. The lowest BCUT2D eigenvalue weighted by Gasteiger charge is -2.06. The third-order valence-electron chi connectivity index (χ3n) is 3.21. The van der Waals surface area contributed by atoms with E-state index in [1.807, 2.05) is 25.1 Å². The molecule has 0 radical (unpaired) electrons. The van der Waals surface area contributed by atoms with Crippen molar-refractivity contribution in [2.45, 2.75) is 6.92 Å². The maximum Gasteiger partial charge on any atom is 0.323 e. The molecule has 20 heavy (non-hydrogen) atoms. The molecule has 3 aromatic rings. The number of imidazole rings is 1. The first kappa shape index (κ1) is 13.1. The third-order valence-corrected chi connectivity index (χ3v) is 4.65.